The molecule has 6 rings (SSSR count). The van der Waals surface area contributed by atoms with Crippen LogP contribution >= 0.6 is 11.6 Å². The first-order valence-electron chi connectivity index (χ1n) is 13.9. The second kappa shape index (κ2) is 10.1. The molecule has 1 spiro atoms. The molecule has 9 heteroatoms. The van der Waals surface area contributed by atoms with Crippen molar-refractivity contribution in [2.24, 2.45) is 11.8 Å². The van der Waals surface area contributed by atoms with E-state index in [0.29, 0.717) is 37.7 Å². The van der Waals surface area contributed by atoms with Gasteiger partial charge >= 0.3 is 0 Å². The summed E-state index contributed by atoms with van der Waals surface area (Å²) >= 11 is 6.32. The number of anilines is 1. The monoisotopic (exact) mass is 570 g/mol. The average Bonchev–Trinajstić information content (AvgIpc) is 3.14. The first kappa shape index (κ1) is 26.7. The third-order valence-electron chi connectivity index (χ3n) is 9.28. The van der Waals surface area contributed by atoms with Crippen LogP contribution in [0.1, 0.15) is 60.5 Å². The lowest BCUT2D eigenvalue weighted by Gasteiger charge is -2.43. The molecule has 1 saturated carbocycles. The molecule has 39 heavy (non-hydrogen) atoms. The second-order valence-electron chi connectivity index (χ2n) is 11.7. The summed E-state index contributed by atoms with van der Waals surface area (Å²) in [5.74, 6) is 0.479. The number of nitrogens with one attached hydrogen (secondary N) is 1. The third-order valence-corrected chi connectivity index (χ3v) is 11.3. The third kappa shape index (κ3) is 4.96. The van der Waals surface area contributed by atoms with Crippen molar-refractivity contribution in [3.8, 4) is 5.75 Å². The molecule has 2 heterocycles. The normalized spacial score (nSPS) is 32.7. The van der Waals surface area contributed by atoms with Crippen LogP contribution in [0.2, 0.25) is 5.02 Å². The maximum atomic E-state index is 13.1. The van der Waals surface area contributed by atoms with Crippen LogP contribution in [0.3, 0.4) is 0 Å². The van der Waals surface area contributed by atoms with Gasteiger partial charge in [-0.1, -0.05) is 29.8 Å². The number of ether oxygens (including phenoxy) is 1. The van der Waals surface area contributed by atoms with Crippen LogP contribution in [0, 0.1) is 11.8 Å². The van der Waals surface area contributed by atoms with E-state index in [9.17, 15) is 18.3 Å². The topological polar surface area (TPSA) is 95.9 Å². The summed E-state index contributed by atoms with van der Waals surface area (Å²) in [6.07, 6.45) is 7.81. The zero-order valence-corrected chi connectivity index (χ0v) is 23.7. The van der Waals surface area contributed by atoms with Crippen molar-refractivity contribution in [1.82, 2.24) is 4.72 Å². The van der Waals surface area contributed by atoms with Gasteiger partial charge in [-0.3, -0.25) is 4.79 Å². The molecule has 0 saturated heterocycles. The zero-order chi connectivity index (χ0) is 27.4. The molecule has 208 valence electrons. The number of carbonyl (C=O) groups excluding carboxylic acids is 1. The molecule has 1 fully saturated rings. The molecule has 2 unspecified atom stereocenters. The van der Waals surface area contributed by atoms with Crippen molar-refractivity contribution < 1.29 is 23.1 Å². The van der Waals surface area contributed by atoms with Gasteiger partial charge in [0.05, 0.1) is 23.6 Å². The summed E-state index contributed by atoms with van der Waals surface area (Å²) in [6.45, 7) is 3.52. The van der Waals surface area contributed by atoms with Crippen LogP contribution in [0.4, 0.5) is 5.69 Å². The molecule has 4 aliphatic rings. The molecular weight excluding hydrogens is 536 g/mol. The van der Waals surface area contributed by atoms with Crippen LogP contribution in [-0.4, -0.2) is 50.5 Å². The van der Waals surface area contributed by atoms with Crippen molar-refractivity contribution in [2.75, 3.05) is 24.6 Å². The number of nitrogens with zero attached hydrogens (tertiary/aromatic N) is 1. The maximum absolute atomic E-state index is 13.1. The Morgan fingerprint density at radius 1 is 1.15 bits per heavy atom. The predicted octanol–water partition coefficient (Wildman–Crippen LogP) is 4.61. The van der Waals surface area contributed by atoms with Crippen LogP contribution in [-0.2, 0) is 21.9 Å². The van der Waals surface area contributed by atoms with E-state index in [1.807, 2.05) is 24.3 Å². The number of hydrogen-bond acceptors (Lipinski definition) is 6. The van der Waals surface area contributed by atoms with Gasteiger partial charge in [-0.2, -0.15) is 0 Å². The number of fused-ring (bicyclic) bond motifs is 4. The van der Waals surface area contributed by atoms with E-state index in [2.05, 4.69) is 15.7 Å². The number of hydrogen-bond donors (Lipinski definition) is 2. The van der Waals surface area contributed by atoms with E-state index in [1.54, 1.807) is 25.1 Å². The predicted molar refractivity (Wildman–Crippen MR) is 152 cm³/mol. The standard InChI is InChI=1S/C30H35ClN2O5S/c1-19-4-2-3-5-27(34)24-9-6-22(24)16-33-17-30(13-12-20-14-23(31)8-10-25(20)30)18-38-28-11-7-21(15-26(28)33)29(35)32-39(19,36)37/h3,5,7-8,10-11,14-15,19,22,24,27,34H,2,4,6,9,12-13,16-18H2,1H3,(H,32,35)/b5-3+/t19?,22-,24+,27?,30-/m0/s1. The van der Waals surface area contributed by atoms with Crippen molar-refractivity contribution in [3.63, 3.8) is 0 Å². The number of aliphatic hydroxyl groups is 1. The molecule has 2 aliphatic carbocycles. The molecule has 2 N–H and O–H groups in total. The number of amides is 1. The Kier molecular flexibility index (Phi) is 6.92. The van der Waals surface area contributed by atoms with Crippen LogP contribution in [0.5, 0.6) is 5.75 Å². The fourth-order valence-corrected chi connectivity index (χ4v) is 7.94. The highest BCUT2D eigenvalue weighted by molar-refractivity contribution is 7.90. The van der Waals surface area contributed by atoms with Crippen molar-refractivity contribution >= 4 is 33.2 Å². The number of aliphatic hydroxyl groups excluding tert-OH is 1. The lowest BCUT2D eigenvalue weighted by Crippen LogP contribution is -2.47. The summed E-state index contributed by atoms with van der Waals surface area (Å²) in [7, 11) is -3.86. The fourth-order valence-electron chi connectivity index (χ4n) is 6.72. The number of rotatable bonds is 0. The smallest absolute Gasteiger partial charge is 0.264 e. The molecule has 1 amide bonds. The van der Waals surface area contributed by atoms with Gasteiger partial charge in [0, 0.05) is 29.1 Å². The highest BCUT2D eigenvalue weighted by atomic mass is 35.5. The summed E-state index contributed by atoms with van der Waals surface area (Å²) in [4.78, 5) is 15.5. The van der Waals surface area contributed by atoms with E-state index >= 15 is 0 Å². The molecule has 2 aromatic rings. The Morgan fingerprint density at radius 3 is 2.79 bits per heavy atom. The quantitative estimate of drug-likeness (QED) is 0.449. The number of benzene rings is 2. The van der Waals surface area contributed by atoms with Gasteiger partial charge in [-0.05, 0) is 98.7 Å². The van der Waals surface area contributed by atoms with E-state index in [0.717, 1.165) is 42.9 Å². The fraction of sp³-hybridized carbons (Fsp3) is 0.500. The van der Waals surface area contributed by atoms with Crippen LogP contribution in [0.15, 0.2) is 48.6 Å². The first-order valence-corrected chi connectivity index (χ1v) is 15.8. The minimum atomic E-state index is -3.86. The van der Waals surface area contributed by atoms with Gasteiger partial charge in [-0.15, -0.1) is 0 Å². The molecule has 5 atom stereocenters. The minimum absolute atomic E-state index is 0.139. The Labute approximate surface area is 235 Å². The Balaban J connectivity index is 1.41. The number of allylic oxidation sites excluding steroid dienone is 1. The molecule has 2 aliphatic heterocycles. The lowest BCUT2D eigenvalue weighted by atomic mass is 9.70. The van der Waals surface area contributed by atoms with Crippen molar-refractivity contribution in [1.29, 1.82) is 0 Å². The van der Waals surface area contributed by atoms with Crippen LogP contribution in [0.25, 0.3) is 0 Å². The molecule has 0 aromatic heterocycles. The van der Waals surface area contributed by atoms with Gasteiger partial charge in [-0.25, -0.2) is 13.1 Å². The Morgan fingerprint density at radius 2 is 2.00 bits per heavy atom. The van der Waals surface area contributed by atoms with E-state index in [1.165, 1.54) is 11.1 Å². The van der Waals surface area contributed by atoms with Crippen LogP contribution < -0.4 is 14.4 Å². The van der Waals surface area contributed by atoms with Gasteiger partial charge < -0.3 is 14.7 Å². The van der Waals surface area contributed by atoms with Gasteiger partial charge in [0.15, 0.2) is 0 Å². The molecule has 2 bridgehead atoms. The highest BCUT2D eigenvalue weighted by Gasteiger charge is 2.45. The molecule has 2 aromatic carbocycles. The minimum Gasteiger partial charge on any atom is -0.490 e. The summed E-state index contributed by atoms with van der Waals surface area (Å²) in [5.41, 5.74) is 3.32. The number of sulfonamides is 1. The molecular formula is C30H35ClN2O5S. The van der Waals surface area contributed by atoms with Gasteiger partial charge in [0.1, 0.15) is 5.75 Å². The van der Waals surface area contributed by atoms with E-state index < -0.39 is 27.3 Å². The lowest BCUT2D eigenvalue weighted by molar-refractivity contribution is 0.0457. The Hall–Kier alpha value is -2.55. The summed E-state index contributed by atoms with van der Waals surface area (Å²) in [5, 5.41) is 11.0. The van der Waals surface area contributed by atoms with Gasteiger partial charge in [0.25, 0.3) is 5.91 Å². The summed E-state index contributed by atoms with van der Waals surface area (Å²) in [6, 6.07) is 11.3. The summed E-state index contributed by atoms with van der Waals surface area (Å²) < 4.78 is 34.5. The SMILES string of the molecule is CC1CC/C=C/C(O)[C@@H]2CC[C@H]2CN2C[C@@]3(CCc4cc(Cl)ccc43)COc3ccc(cc32)C(=O)NS1(=O)=O. The zero-order valence-electron chi connectivity index (χ0n) is 22.1. The van der Waals surface area contributed by atoms with E-state index in [4.69, 9.17) is 16.3 Å². The number of aryl methyl sites for hydroxylation is 1. The first-order chi connectivity index (χ1) is 18.6. The molecule has 0 radical (unpaired) electrons. The second-order valence-corrected chi connectivity index (χ2v) is 14.3. The van der Waals surface area contributed by atoms with Gasteiger partial charge in [0.2, 0.25) is 10.0 Å². The largest absolute Gasteiger partial charge is 0.490 e. The number of carbonyl (C=O) groups is 1. The molecule has 7 nitrogen and oxygen atoms in total. The average molecular weight is 571 g/mol. The Bertz CT molecular complexity index is 1430. The van der Waals surface area contributed by atoms with E-state index in [-0.39, 0.29) is 16.9 Å². The number of halogens is 1. The highest BCUT2D eigenvalue weighted by Crippen LogP contribution is 2.47. The maximum Gasteiger partial charge on any atom is 0.264 e. The van der Waals surface area contributed by atoms with Crippen molar-refractivity contribution in [3.05, 3.63) is 70.3 Å². The van der Waals surface area contributed by atoms with Crippen molar-refractivity contribution in [2.45, 2.75) is 62.2 Å².